The second kappa shape index (κ2) is 26.7. The second-order valence-corrected chi connectivity index (χ2v) is 28.3. The molecule has 0 radical (unpaired) electrons. The van der Waals surface area contributed by atoms with Gasteiger partial charge in [-0.1, -0.05) is 57.8 Å². The minimum Gasteiger partial charge on any atom is -0.368 e. The van der Waals surface area contributed by atoms with Gasteiger partial charge in [-0.3, -0.25) is 9.36 Å². The fraction of sp³-hybridized carbons (Fsp3) is 0.529. The third-order valence-corrected chi connectivity index (χ3v) is 22.1. The number of hydrogen-bond acceptors (Lipinski definition) is 24. The maximum Gasteiger partial charge on any atom is 0.247 e. The van der Waals surface area contributed by atoms with Crippen LogP contribution < -0.4 is 30.7 Å². The molecule has 15 heterocycles. The van der Waals surface area contributed by atoms with Gasteiger partial charge in [-0.15, -0.1) is 5.10 Å². The highest BCUT2D eigenvalue weighted by Gasteiger charge is 2.45. The highest BCUT2D eigenvalue weighted by molar-refractivity contribution is 5.89. The molecule has 0 unspecified atom stereocenters. The summed E-state index contributed by atoms with van der Waals surface area (Å²) in [6.07, 6.45) is 36.6. The Labute approximate surface area is 564 Å². The van der Waals surface area contributed by atoms with Gasteiger partial charge in [0.2, 0.25) is 29.7 Å². The van der Waals surface area contributed by atoms with E-state index >= 15 is 0 Å². The first-order valence-electron chi connectivity index (χ1n) is 35.4. The Morgan fingerprint density at radius 1 is 0.443 bits per heavy atom. The van der Waals surface area contributed by atoms with Crippen molar-refractivity contribution in [3.05, 3.63) is 85.0 Å². The van der Waals surface area contributed by atoms with Crippen molar-refractivity contribution in [1.82, 2.24) is 88.5 Å². The van der Waals surface area contributed by atoms with Crippen LogP contribution in [0.1, 0.15) is 138 Å². The number of aliphatic imine (C=N–C) groups is 2. The number of fused-ring (bicyclic) bond motifs is 12. The number of nitrogens with one attached hydrogen (secondary N) is 3. The highest BCUT2D eigenvalue weighted by Crippen LogP contribution is 2.50. The first-order valence-corrected chi connectivity index (χ1v) is 35.4. The first kappa shape index (κ1) is 62.6. The number of aromatic nitrogens is 15. The topological polar surface area (TPSA) is 266 Å². The molecule has 27 heteroatoms. The summed E-state index contributed by atoms with van der Waals surface area (Å²) in [6, 6.07) is 12.3. The molecule has 0 aromatic carbocycles. The Morgan fingerprint density at radius 3 is 1.48 bits per heavy atom. The summed E-state index contributed by atoms with van der Waals surface area (Å²) in [5, 5.41) is 19.1. The van der Waals surface area contributed by atoms with E-state index in [0.717, 1.165) is 192 Å². The number of piperazine rings is 3. The van der Waals surface area contributed by atoms with Crippen molar-refractivity contribution in [3.63, 3.8) is 0 Å². The average molecular weight is 1310 g/mol. The third kappa shape index (κ3) is 12.7. The zero-order chi connectivity index (χ0) is 65.5. The molecule has 6 aliphatic heterocycles. The number of likely N-dealkylation sites (N-methyl/N-ethyl adjacent to an activating group) is 3. The monoisotopic (exact) mass is 1310 g/mol. The van der Waals surface area contributed by atoms with Crippen molar-refractivity contribution in [2.24, 2.45) is 9.98 Å². The van der Waals surface area contributed by atoms with E-state index in [0.29, 0.717) is 35.6 Å². The number of pyridine rings is 3. The molecule has 0 bridgehead atoms. The molecule has 0 amide bonds. The van der Waals surface area contributed by atoms with Crippen LogP contribution in [0.25, 0.3) is 27.8 Å². The molecule has 3 aliphatic carbocycles. The van der Waals surface area contributed by atoms with Crippen LogP contribution in [0.4, 0.5) is 64.1 Å². The number of rotatable bonds is 9. The lowest BCUT2D eigenvalue weighted by atomic mass is 9.67. The normalized spacial score (nSPS) is 20.7. The van der Waals surface area contributed by atoms with Crippen LogP contribution in [-0.4, -0.2) is 207 Å². The predicted octanol–water partition coefficient (Wildman–Crippen LogP) is 10.2. The van der Waals surface area contributed by atoms with E-state index in [-0.39, 0.29) is 22.3 Å². The Balaban J connectivity index is 0.000000114. The second-order valence-electron chi connectivity index (χ2n) is 28.3. The lowest BCUT2D eigenvalue weighted by molar-refractivity contribution is 0.0811. The number of carbonyl (C=O) groups is 1. The van der Waals surface area contributed by atoms with Crippen LogP contribution in [0.15, 0.2) is 83.7 Å². The van der Waals surface area contributed by atoms with Crippen LogP contribution in [-0.2, 0) is 16.4 Å². The van der Waals surface area contributed by atoms with Crippen molar-refractivity contribution in [3.8, 4) is 0 Å². The van der Waals surface area contributed by atoms with Crippen LogP contribution in [0.2, 0.25) is 0 Å². The number of imidazole rings is 1. The van der Waals surface area contributed by atoms with Gasteiger partial charge in [-0.25, -0.2) is 59.1 Å². The zero-order valence-electron chi connectivity index (χ0n) is 56.2. The van der Waals surface area contributed by atoms with E-state index in [9.17, 15) is 4.79 Å². The fourth-order valence-corrected chi connectivity index (χ4v) is 16.4. The SMILES string of the molecule is CN1CCN(c2ccc(Nc3ncc4nc5n(c4n3)C3(CC=N5)CCCCC3)nc2)CC1.CN1CCN(c2ccc(Nc3ncc4nn5c(c4n3)C3(CCCCC3)CCC5=O)nc2)CC1.CN1CCN(c2ccc(Nc3ncn4nc5c(c4n3)C3(CC=N5)CCCCC3)nc2)CC1. The van der Waals surface area contributed by atoms with Gasteiger partial charge in [0.25, 0.3) is 0 Å². The maximum absolute atomic E-state index is 12.7. The van der Waals surface area contributed by atoms with Crippen molar-refractivity contribution >= 4 is 110 Å². The van der Waals surface area contributed by atoms with Gasteiger partial charge in [0.1, 0.15) is 40.3 Å². The first-order chi connectivity index (χ1) is 47.5. The quantitative estimate of drug-likeness (QED) is 0.121. The molecular formula is C70H88N26O. The third-order valence-electron chi connectivity index (χ3n) is 22.1. The predicted molar refractivity (Wildman–Crippen MR) is 379 cm³/mol. The van der Waals surface area contributed by atoms with E-state index in [1.165, 1.54) is 76.2 Å². The summed E-state index contributed by atoms with van der Waals surface area (Å²) < 4.78 is 5.68. The Morgan fingerprint density at radius 2 is 0.938 bits per heavy atom. The molecule has 504 valence electrons. The summed E-state index contributed by atoms with van der Waals surface area (Å²) in [5.41, 5.74) is 9.84. The molecule has 9 aromatic heterocycles. The van der Waals surface area contributed by atoms with E-state index in [1.807, 2.05) is 49.2 Å². The van der Waals surface area contributed by atoms with E-state index < -0.39 is 0 Å². The van der Waals surface area contributed by atoms with Crippen molar-refractivity contribution in [1.29, 1.82) is 0 Å². The summed E-state index contributed by atoms with van der Waals surface area (Å²) >= 11 is 0. The molecule has 27 nitrogen and oxygen atoms in total. The number of hydrogen-bond donors (Lipinski definition) is 3. The molecule has 18 rings (SSSR count). The highest BCUT2D eigenvalue weighted by atomic mass is 16.2. The largest absolute Gasteiger partial charge is 0.368 e. The zero-order valence-corrected chi connectivity index (χ0v) is 56.2. The summed E-state index contributed by atoms with van der Waals surface area (Å²) in [7, 11) is 6.49. The van der Waals surface area contributed by atoms with Gasteiger partial charge in [-0.2, -0.15) is 15.1 Å². The van der Waals surface area contributed by atoms with Gasteiger partial charge in [0.05, 0.1) is 64.8 Å². The number of nitrogens with zero attached hydrogens (tertiary/aromatic N) is 23. The molecule has 97 heavy (non-hydrogen) atoms. The number of anilines is 9. The summed E-state index contributed by atoms with van der Waals surface area (Å²) in [6.45, 7) is 12.6. The van der Waals surface area contributed by atoms with Crippen LogP contribution in [0.3, 0.4) is 0 Å². The van der Waals surface area contributed by atoms with Gasteiger partial charge in [0.15, 0.2) is 17.1 Å². The molecule has 6 fully saturated rings. The smallest absolute Gasteiger partial charge is 0.247 e. The van der Waals surface area contributed by atoms with Crippen LogP contribution in [0.5, 0.6) is 0 Å². The maximum atomic E-state index is 12.7. The van der Waals surface area contributed by atoms with Crippen LogP contribution >= 0.6 is 0 Å². The minimum atomic E-state index is 0.00887. The van der Waals surface area contributed by atoms with E-state index in [4.69, 9.17) is 19.9 Å². The van der Waals surface area contributed by atoms with Crippen LogP contribution in [0, 0.1) is 0 Å². The Bertz CT molecular complexity index is 4140. The van der Waals surface area contributed by atoms with Gasteiger partial charge < -0.3 is 45.3 Å². The molecule has 9 aromatic rings. The molecule has 0 atom stereocenters. The van der Waals surface area contributed by atoms with Crippen molar-refractivity contribution in [2.75, 3.05) is 130 Å². The fourth-order valence-electron chi connectivity index (χ4n) is 16.4. The van der Waals surface area contributed by atoms with Gasteiger partial charge in [0, 0.05) is 115 Å². The standard InChI is InChI=1S/C24H30N8O.2C23H29N9/c1-30-11-13-31(14-12-30)17-5-6-19(25-15-17)27-23-26-16-18-21(28-23)22-24(8-3-2-4-9-24)10-7-20(33)32(22)29-18;1-30-11-13-31(14-12-30)17-5-6-19(25-15-17)28-21-26-16-18-20(29-21)32-22(27-18)24-10-9-23(32)7-3-2-4-8-23;1-30-11-13-31(14-12-30)17-5-6-18(25-15-17)27-22-26-16-32-21(28-22)19-20(29-32)24-10-9-23(19)7-3-2-4-8-23/h5-6,15-16H,2-4,7-14H2,1H3,(H,25,27,28);5-6,10,15-16H,2-4,7-9,11-14H2,1H3,(H,25,26,28,29);5-6,10,15-16H,2-4,7-9,11-14H2,1H3,(H,25,27,28). The Hall–Kier alpha value is -9.21. The molecule has 3 saturated heterocycles. The number of carbonyl (C=O) groups excluding carboxylic acids is 1. The molecular weight excluding hydrogens is 1220 g/mol. The molecule has 3 saturated carbocycles. The Kier molecular flexibility index (Phi) is 17.2. The lowest BCUT2D eigenvalue weighted by Gasteiger charge is -2.40. The van der Waals surface area contributed by atoms with Gasteiger partial charge in [-0.05, 0) is 109 Å². The average Bonchev–Trinajstić information content (AvgIpc) is 1.63. The summed E-state index contributed by atoms with van der Waals surface area (Å²) in [5.74, 6) is 5.39. The van der Waals surface area contributed by atoms with E-state index in [1.54, 1.807) is 27.9 Å². The molecule has 3 spiro atoms. The van der Waals surface area contributed by atoms with Gasteiger partial charge >= 0.3 is 0 Å². The van der Waals surface area contributed by atoms with Crippen molar-refractivity contribution < 1.29 is 4.79 Å². The lowest BCUT2D eigenvalue weighted by Crippen LogP contribution is -2.44. The summed E-state index contributed by atoms with van der Waals surface area (Å²) in [4.78, 5) is 82.5. The molecule has 3 N–H and O–H groups in total. The van der Waals surface area contributed by atoms with Crippen molar-refractivity contribution in [2.45, 2.75) is 138 Å². The molecule has 9 aliphatic rings. The minimum absolute atomic E-state index is 0.00887. The van der Waals surface area contributed by atoms with E-state index in [2.05, 4.69) is 139 Å².